The monoisotopic (exact) mass is 341 g/mol. The second kappa shape index (κ2) is 7.67. The molecule has 0 heterocycles. The molecule has 0 unspecified atom stereocenters. The first kappa shape index (κ1) is 17.0. The molecule has 0 radical (unpaired) electrons. The van der Waals surface area contributed by atoms with Crippen LogP contribution in [0.15, 0.2) is 24.3 Å². The first-order valence-electron chi connectivity index (χ1n) is 6.90. The summed E-state index contributed by atoms with van der Waals surface area (Å²) in [4.78, 5) is 13.5. The molecule has 0 bridgehead atoms. The molecule has 0 spiro atoms. The average Bonchev–Trinajstić information content (AvgIpc) is 2.36. The molecular formula is C16H24BrNO2. The molecule has 1 aromatic carbocycles. The van der Waals surface area contributed by atoms with Gasteiger partial charge in [-0.25, -0.2) is 4.79 Å². The zero-order valence-electron chi connectivity index (χ0n) is 12.8. The van der Waals surface area contributed by atoms with E-state index >= 15 is 0 Å². The van der Waals surface area contributed by atoms with Gasteiger partial charge in [-0.1, -0.05) is 40.2 Å². The smallest absolute Gasteiger partial charge is 0.410 e. The van der Waals surface area contributed by atoms with Crippen molar-refractivity contribution in [2.24, 2.45) is 0 Å². The summed E-state index contributed by atoms with van der Waals surface area (Å²) in [7, 11) is 1.76. The number of ether oxygens (including phenoxy) is 1. The largest absolute Gasteiger partial charge is 0.444 e. The van der Waals surface area contributed by atoms with Gasteiger partial charge in [-0.2, -0.15) is 0 Å². The second-order valence-corrected chi connectivity index (χ2v) is 6.74. The van der Waals surface area contributed by atoms with E-state index in [1.165, 1.54) is 5.56 Å². The Kier molecular flexibility index (Phi) is 6.53. The molecule has 0 saturated carbocycles. The molecule has 3 nitrogen and oxygen atoms in total. The average molecular weight is 342 g/mol. The molecule has 4 heteroatoms. The summed E-state index contributed by atoms with van der Waals surface area (Å²) < 4.78 is 5.33. The minimum atomic E-state index is -0.453. The number of nitrogens with zero attached hydrogens (tertiary/aromatic N) is 1. The predicted molar refractivity (Wildman–Crippen MR) is 86.3 cm³/mol. The normalized spacial score (nSPS) is 11.2. The van der Waals surface area contributed by atoms with Crippen LogP contribution < -0.4 is 0 Å². The third kappa shape index (κ3) is 6.42. The van der Waals surface area contributed by atoms with E-state index in [2.05, 4.69) is 40.2 Å². The molecule has 0 saturated heterocycles. The Morgan fingerprint density at radius 1 is 1.20 bits per heavy atom. The van der Waals surface area contributed by atoms with Crippen LogP contribution in [0.1, 0.15) is 38.3 Å². The Balaban J connectivity index is 2.53. The minimum absolute atomic E-state index is 0.291. The highest BCUT2D eigenvalue weighted by Crippen LogP contribution is 2.13. The Bertz CT molecular complexity index is 423. The van der Waals surface area contributed by atoms with Crippen LogP contribution in [0, 0.1) is 0 Å². The fourth-order valence-electron chi connectivity index (χ4n) is 1.76. The van der Waals surface area contributed by atoms with Gasteiger partial charge in [0.25, 0.3) is 0 Å². The number of halogens is 1. The predicted octanol–water partition coefficient (Wildman–Crippen LogP) is 4.38. The van der Waals surface area contributed by atoms with Gasteiger partial charge in [0.1, 0.15) is 5.60 Å². The molecule has 1 rings (SSSR count). The number of hydrogen-bond donors (Lipinski definition) is 0. The first-order valence-corrected chi connectivity index (χ1v) is 8.02. The van der Waals surface area contributed by atoms with E-state index in [0.717, 1.165) is 23.7 Å². The maximum atomic E-state index is 11.9. The van der Waals surface area contributed by atoms with Crippen LogP contribution in [-0.4, -0.2) is 29.0 Å². The molecule has 0 aliphatic rings. The van der Waals surface area contributed by atoms with Gasteiger partial charge in [-0.3, -0.25) is 0 Å². The van der Waals surface area contributed by atoms with E-state index in [4.69, 9.17) is 4.74 Å². The quantitative estimate of drug-likeness (QED) is 0.743. The summed E-state index contributed by atoms with van der Waals surface area (Å²) in [6, 6.07) is 8.40. The Labute approximate surface area is 130 Å². The number of alkyl halides is 1. The Morgan fingerprint density at radius 2 is 1.75 bits per heavy atom. The van der Waals surface area contributed by atoms with Gasteiger partial charge in [-0.05, 0) is 44.7 Å². The minimum Gasteiger partial charge on any atom is -0.444 e. The number of carbonyl (C=O) groups is 1. The second-order valence-electron chi connectivity index (χ2n) is 5.95. The number of hydrogen-bond acceptors (Lipinski definition) is 2. The van der Waals surface area contributed by atoms with Crippen LogP contribution in [0.25, 0.3) is 0 Å². The van der Waals surface area contributed by atoms with Crippen molar-refractivity contribution in [2.45, 2.75) is 45.8 Å². The van der Waals surface area contributed by atoms with Crippen molar-refractivity contribution in [3.05, 3.63) is 35.4 Å². The standard InChI is InChI=1S/C16H24BrNO2/c1-16(2,3)20-15(19)18(4)12-14-9-7-13(8-10-14)6-5-11-17/h7-10H,5-6,11-12H2,1-4H3. The number of amides is 1. The zero-order valence-corrected chi connectivity index (χ0v) is 14.4. The maximum Gasteiger partial charge on any atom is 0.410 e. The fourth-order valence-corrected chi connectivity index (χ4v) is 2.04. The lowest BCUT2D eigenvalue weighted by atomic mass is 10.1. The molecule has 20 heavy (non-hydrogen) atoms. The van der Waals surface area contributed by atoms with Crippen LogP contribution in [0.4, 0.5) is 4.79 Å². The van der Waals surface area contributed by atoms with E-state index < -0.39 is 5.60 Å². The van der Waals surface area contributed by atoms with E-state index in [1.807, 2.05) is 20.8 Å². The van der Waals surface area contributed by atoms with Crippen LogP contribution >= 0.6 is 15.9 Å². The number of carbonyl (C=O) groups excluding carboxylic acids is 1. The highest BCUT2D eigenvalue weighted by Gasteiger charge is 2.19. The Hall–Kier alpha value is -1.03. The summed E-state index contributed by atoms with van der Waals surface area (Å²) in [6.45, 7) is 6.18. The third-order valence-electron chi connectivity index (χ3n) is 2.75. The molecule has 0 N–H and O–H groups in total. The van der Waals surface area contributed by atoms with E-state index in [0.29, 0.717) is 6.54 Å². The number of benzene rings is 1. The summed E-state index contributed by atoms with van der Waals surface area (Å²) in [5.41, 5.74) is 1.99. The fraction of sp³-hybridized carbons (Fsp3) is 0.562. The van der Waals surface area contributed by atoms with Crippen molar-refractivity contribution in [2.75, 3.05) is 12.4 Å². The maximum absolute atomic E-state index is 11.9. The first-order chi connectivity index (χ1) is 9.31. The van der Waals surface area contributed by atoms with Crippen molar-refractivity contribution < 1.29 is 9.53 Å². The summed E-state index contributed by atoms with van der Waals surface area (Å²) in [5.74, 6) is 0. The van der Waals surface area contributed by atoms with Crippen LogP contribution in [0.2, 0.25) is 0 Å². The third-order valence-corrected chi connectivity index (χ3v) is 3.31. The molecule has 0 fully saturated rings. The van der Waals surface area contributed by atoms with Gasteiger partial charge in [0, 0.05) is 18.9 Å². The Morgan fingerprint density at radius 3 is 2.25 bits per heavy atom. The summed E-state index contributed by atoms with van der Waals surface area (Å²) >= 11 is 3.44. The van der Waals surface area contributed by atoms with E-state index in [9.17, 15) is 4.79 Å². The topological polar surface area (TPSA) is 29.5 Å². The van der Waals surface area contributed by atoms with Crippen molar-refractivity contribution in [3.8, 4) is 0 Å². The molecule has 0 aromatic heterocycles. The SMILES string of the molecule is CN(Cc1ccc(CCCBr)cc1)C(=O)OC(C)(C)C. The highest BCUT2D eigenvalue weighted by atomic mass is 79.9. The van der Waals surface area contributed by atoms with Crippen LogP contribution in [0.3, 0.4) is 0 Å². The molecule has 0 aliphatic heterocycles. The van der Waals surface area contributed by atoms with Gasteiger partial charge in [0.15, 0.2) is 0 Å². The van der Waals surface area contributed by atoms with Gasteiger partial charge in [0.2, 0.25) is 0 Å². The van der Waals surface area contributed by atoms with Crippen molar-refractivity contribution >= 4 is 22.0 Å². The van der Waals surface area contributed by atoms with Gasteiger partial charge >= 0.3 is 6.09 Å². The molecular weight excluding hydrogens is 318 g/mol. The van der Waals surface area contributed by atoms with Crippen LogP contribution in [0.5, 0.6) is 0 Å². The summed E-state index contributed by atoms with van der Waals surface area (Å²) in [6.07, 6.45) is 1.92. The van der Waals surface area contributed by atoms with E-state index in [-0.39, 0.29) is 6.09 Å². The lowest BCUT2D eigenvalue weighted by molar-refractivity contribution is 0.0285. The molecule has 112 valence electrons. The van der Waals surface area contributed by atoms with E-state index in [1.54, 1.807) is 11.9 Å². The highest BCUT2D eigenvalue weighted by molar-refractivity contribution is 9.09. The summed E-state index contributed by atoms with van der Waals surface area (Å²) in [5, 5.41) is 1.02. The van der Waals surface area contributed by atoms with Gasteiger partial charge in [0.05, 0.1) is 0 Å². The lowest BCUT2D eigenvalue weighted by Crippen LogP contribution is -2.33. The van der Waals surface area contributed by atoms with Crippen LogP contribution in [-0.2, 0) is 17.7 Å². The van der Waals surface area contributed by atoms with Crippen molar-refractivity contribution in [1.82, 2.24) is 4.90 Å². The molecule has 0 atom stereocenters. The lowest BCUT2D eigenvalue weighted by Gasteiger charge is -2.24. The molecule has 0 aliphatic carbocycles. The molecule has 1 aromatic rings. The van der Waals surface area contributed by atoms with Gasteiger partial charge < -0.3 is 9.64 Å². The number of aryl methyl sites for hydroxylation is 1. The van der Waals surface area contributed by atoms with Crippen molar-refractivity contribution in [1.29, 1.82) is 0 Å². The van der Waals surface area contributed by atoms with Crippen molar-refractivity contribution in [3.63, 3.8) is 0 Å². The van der Waals surface area contributed by atoms with Gasteiger partial charge in [-0.15, -0.1) is 0 Å². The zero-order chi connectivity index (χ0) is 15.2. The molecule has 1 amide bonds. The number of rotatable bonds is 5.